The molecule has 7 nitrogen and oxygen atoms in total. The number of amides is 1. The molecule has 1 rings (SSSR count). The molecule has 0 radical (unpaired) electrons. The zero-order chi connectivity index (χ0) is 15.8. The van der Waals surface area contributed by atoms with Gasteiger partial charge in [-0.15, -0.1) is 0 Å². The molecule has 0 saturated heterocycles. The summed E-state index contributed by atoms with van der Waals surface area (Å²) in [5.41, 5.74) is 6.58. The minimum absolute atomic E-state index is 0.0671. The summed E-state index contributed by atoms with van der Waals surface area (Å²) >= 11 is 0. The Hall–Kier alpha value is -1.60. The largest absolute Gasteiger partial charge is 0.396 e. The summed E-state index contributed by atoms with van der Waals surface area (Å²) in [6, 6.07) is 0. The maximum Gasteiger partial charge on any atom is 0.274 e. The van der Waals surface area contributed by atoms with E-state index in [0.29, 0.717) is 11.4 Å². The van der Waals surface area contributed by atoms with Crippen molar-refractivity contribution >= 4 is 11.6 Å². The van der Waals surface area contributed by atoms with E-state index in [0.717, 1.165) is 39.0 Å². The molecule has 0 bridgehead atoms. The van der Waals surface area contributed by atoms with E-state index in [4.69, 9.17) is 5.73 Å². The van der Waals surface area contributed by atoms with Crippen molar-refractivity contribution in [2.75, 3.05) is 60.1 Å². The molecule has 0 aromatic carbocycles. The number of nitrogens with zero attached hydrogens (tertiary/aromatic N) is 4. The topological polar surface area (TPSA) is 81.5 Å². The van der Waals surface area contributed by atoms with Crippen molar-refractivity contribution in [3.8, 4) is 0 Å². The molecular formula is C14H28N6O. The van der Waals surface area contributed by atoms with Crippen LogP contribution < -0.4 is 5.73 Å². The summed E-state index contributed by atoms with van der Waals surface area (Å²) in [5, 5.41) is 6.53. The minimum atomic E-state index is -0.0671. The Balaban J connectivity index is 2.61. The van der Waals surface area contributed by atoms with Crippen LogP contribution in [0.25, 0.3) is 0 Å². The van der Waals surface area contributed by atoms with Gasteiger partial charge in [0.05, 0.1) is 11.9 Å². The first-order valence-electron chi connectivity index (χ1n) is 7.29. The highest BCUT2D eigenvalue weighted by molar-refractivity contribution is 5.96. The third-order valence-corrected chi connectivity index (χ3v) is 3.24. The molecule has 1 aromatic heterocycles. The molecule has 3 N–H and O–H groups in total. The first-order chi connectivity index (χ1) is 9.91. The van der Waals surface area contributed by atoms with Gasteiger partial charge in [-0.1, -0.05) is 0 Å². The number of hydrogen-bond donors (Lipinski definition) is 2. The molecule has 1 amide bonds. The number of nitrogen functional groups attached to an aromatic ring is 1. The van der Waals surface area contributed by atoms with Crippen LogP contribution >= 0.6 is 0 Å². The van der Waals surface area contributed by atoms with Gasteiger partial charge in [-0.25, -0.2) is 0 Å². The minimum Gasteiger partial charge on any atom is -0.396 e. The average Bonchev–Trinajstić information content (AvgIpc) is 2.81. The molecule has 0 aliphatic carbocycles. The predicted molar refractivity (Wildman–Crippen MR) is 85.2 cm³/mol. The highest BCUT2D eigenvalue weighted by Crippen LogP contribution is 2.11. The van der Waals surface area contributed by atoms with Crippen molar-refractivity contribution in [2.24, 2.45) is 0 Å². The molecule has 7 heteroatoms. The number of hydrogen-bond acceptors (Lipinski definition) is 5. The molecule has 120 valence electrons. The molecule has 21 heavy (non-hydrogen) atoms. The lowest BCUT2D eigenvalue weighted by atomic mass is 10.2. The number of carbonyl (C=O) groups is 1. The van der Waals surface area contributed by atoms with Crippen LogP contribution in [0.2, 0.25) is 0 Å². The Morgan fingerprint density at radius 2 is 1.62 bits per heavy atom. The first kappa shape index (κ1) is 17.5. The SMILES string of the molecule is CN(C)CCCN(CCCN(C)C)C(=O)c1[nH]ncc1N. The lowest BCUT2D eigenvalue weighted by Crippen LogP contribution is -2.36. The quantitative estimate of drug-likeness (QED) is 0.686. The second-order valence-corrected chi connectivity index (χ2v) is 5.81. The number of nitrogens with one attached hydrogen (secondary N) is 1. The molecule has 0 aliphatic heterocycles. The molecule has 0 spiro atoms. The highest BCUT2D eigenvalue weighted by atomic mass is 16.2. The number of rotatable bonds is 9. The van der Waals surface area contributed by atoms with Crippen LogP contribution in [0.15, 0.2) is 6.20 Å². The van der Waals surface area contributed by atoms with Gasteiger partial charge in [0.15, 0.2) is 0 Å². The number of H-pyrrole nitrogens is 1. The molecule has 0 atom stereocenters. The third-order valence-electron chi connectivity index (χ3n) is 3.24. The average molecular weight is 296 g/mol. The molecule has 0 aliphatic rings. The smallest absolute Gasteiger partial charge is 0.274 e. The predicted octanol–water partition coefficient (Wildman–Crippen LogP) is 0.338. The van der Waals surface area contributed by atoms with E-state index in [9.17, 15) is 4.79 Å². The van der Waals surface area contributed by atoms with E-state index in [2.05, 4.69) is 20.0 Å². The summed E-state index contributed by atoms with van der Waals surface area (Å²) < 4.78 is 0. The summed E-state index contributed by atoms with van der Waals surface area (Å²) in [4.78, 5) is 18.6. The number of nitrogens with two attached hydrogens (primary N) is 1. The number of carbonyl (C=O) groups excluding carboxylic acids is 1. The van der Waals surface area contributed by atoms with Crippen molar-refractivity contribution < 1.29 is 4.79 Å². The Morgan fingerprint density at radius 3 is 2.00 bits per heavy atom. The Bertz CT molecular complexity index is 415. The van der Waals surface area contributed by atoms with E-state index in [1.807, 2.05) is 33.1 Å². The van der Waals surface area contributed by atoms with Gasteiger partial charge >= 0.3 is 0 Å². The summed E-state index contributed by atoms with van der Waals surface area (Å²) in [7, 11) is 8.13. The third kappa shape index (κ3) is 6.14. The van der Waals surface area contributed by atoms with Gasteiger partial charge in [-0.2, -0.15) is 5.10 Å². The van der Waals surface area contributed by atoms with Crippen LogP contribution in [0.5, 0.6) is 0 Å². The lowest BCUT2D eigenvalue weighted by Gasteiger charge is -2.24. The van der Waals surface area contributed by atoms with Crippen LogP contribution in [0.3, 0.4) is 0 Å². The van der Waals surface area contributed by atoms with Gasteiger partial charge in [-0.05, 0) is 54.1 Å². The molecule has 0 unspecified atom stereocenters. The van der Waals surface area contributed by atoms with E-state index < -0.39 is 0 Å². The van der Waals surface area contributed by atoms with Gasteiger partial charge in [0.1, 0.15) is 5.69 Å². The van der Waals surface area contributed by atoms with Crippen molar-refractivity contribution in [2.45, 2.75) is 12.8 Å². The number of aromatic amines is 1. The molecule has 1 aromatic rings. The van der Waals surface area contributed by atoms with Crippen LogP contribution in [0, 0.1) is 0 Å². The van der Waals surface area contributed by atoms with Gasteiger partial charge in [-0.3, -0.25) is 9.89 Å². The summed E-state index contributed by atoms with van der Waals surface area (Å²) in [6.45, 7) is 3.36. The van der Waals surface area contributed by atoms with Crippen LogP contribution in [-0.2, 0) is 0 Å². The van der Waals surface area contributed by atoms with Crippen molar-refractivity contribution in [3.05, 3.63) is 11.9 Å². The number of anilines is 1. The Labute approximate surface area is 127 Å². The number of aromatic nitrogens is 2. The zero-order valence-electron chi connectivity index (χ0n) is 13.6. The first-order valence-corrected chi connectivity index (χ1v) is 7.29. The van der Waals surface area contributed by atoms with Crippen LogP contribution in [0.4, 0.5) is 5.69 Å². The fraction of sp³-hybridized carbons (Fsp3) is 0.714. The fourth-order valence-electron chi connectivity index (χ4n) is 2.10. The van der Waals surface area contributed by atoms with Gasteiger partial charge in [0.25, 0.3) is 5.91 Å². The van der Waals surface area contributed by atoms with Gasteiger partial charge < -0.3 is 20.4 Å². The molecular weight excluding hydrogens is 268 g/mol. The monoisotopic (exact) mass is 296 g/mol. The summed E-state index contributed by atoms with van der Waals surface area (Å²) in [6.07, 6.45) is 3.36. The fourth-order valence-corrected chi connectivity index (χ4v) is 2.10. The van der Waals surface area contributed by atoms with Crippen molar-refractivity contribution in [3.63, 3.8) is 0 Å². The van der Waals surface area contributed by atoms with E-state index >= 15 is 0 Å². The standard InChI is InChI=1S/C14H28N6O/c1-18(2)7-5-9-20(10-6-8-19(3)4)14(21)13-12(15)11-16-17-13/h11H,5-10,15H2,1-4H3,(H,16,17). The second kappa shape index (κ2) is 8.63. The maximum atomic E-state index is 12.5. The van der Waals surface area contributed by atoms with E-state index in [1.54, 1.807) is 0 Å². The van der Waals surface area contributed by atoms with E-state index in [-0.39, 0.29) is 5.91 Å². The molecule has 0 fully saturated rings. The second-order valence-electron chi connectivity index (χ2n) is 5.81. The van der Waals surface area contributed by atoms with Crippen LogP contribution in [-0.4, -0.2) is 85.2 Å². The Morgan fingerprint density at radius 1 is 1.10 bits per heavy atom. The normalized spacial score (nSPS) is 11.3. The van der Waals surface area contributed by atoms with E-state index in [1.165, 1.54) is 6.20 Å². The van der Waals surface area contributed by atoms with Crippen molar-refractivity contribution in [1.82, 2.24) is 24.9 Å². The Kier molecular flexibility index (Phi) is 7.18. The van der Waals surface area contributed by atoms with Gasteiger partial charge in [0.2, 0.25) is 0 Å². The maximum absolute atomic E-state index is 12.5. The summed E-state index contributed by atoms with van der Waals surface area (Å²) in [5.74, 6) is -0.0671. The van der Waals surface area contributed by atoms with Gasteiger partial charge in [0, 0.05) is 13.1 Å². The van der Waals surface area contributed by atoms with Crippen LogP contribution in [0.1, 0.15) is 23.3 Å². The molecule has 1 heterocycles. The van der Waals surface area contributed by atoms with Crippen molar-refractivity contribution in [1.29, 1.82) is 0 Å². The lowest BCUT2D eigenvalue weighted by molar-refractivity contribution is 0.0740. The highest BCUT2D eigenvalue weighted by Gasteiger charge is 2.19. The molecule has 0 saturated carbocycles. The zero-order valence-corrected chi connectivity index (χ0v) is 13.6.